The van der Waals surface area contributed by atoms with Crippen LogP contribution in [0.5, 0.6) is 0 Å². The zero-order chi connectivity index (χ0) is 17.7. The van der Waals surface area contributed by atoms with Crippen molar-refractivity contribution in [3.8, 4) is 11.3 Å². The van der Waals surface area contributed by atoms with E-state index in [1.165, 1.54) is 18.3 Å². The Balaban J connectivity index is 2.27. The van der Waals surface area contributed by atoms with Gasteiger partial charge in [0, 0.05) is 18.5 Å². The Morgan fingerprint density at radius 2 is 2.08 bits per heavy atom. The molecule has 0 fully saturated rings. The minimum Gasteiger partial charge on any atom is -0.481 e. The van der Waals surface area contributed by atoms with Gasteiger partial charge in [-0.05, 0) is 17.7 Å². The largest absolute Gasteiger partial charge is 0.481 e. The van der Waals surface area contributed by atoms with Gasteiger partial charge in [-0.3, -0.25) is 19.5 Å². The Morgan fingerprint density at radius 1 is 1.33 bits per heavy atom. The third-order valence-electron chi connectivity index (χ3n) is 3.20. The van der Waals surface area contributed by atoms with Crippen molar-refractivity contribution in [1.29, 1.82) is 0 Å². The Labute approximate surface area is 135 Å². The number of nitrogens with one attached hydrogen (secondary N) is 2. The maximum atomic E-state index is 14.1. The minimum atomic E-state index is -1.05. The number of amides is 2. The SMILES string of the molecule is NC(=O)CCNC(=O)c1cn[nH]c1-c1cc(CC(=O)O)ccc1F. The van der Waals surface area contributed by atoms with Gasteiger partial charge >= 0.3 is 5.97 Å². The summed E-state index contributed by atoms with van der Waals surface area (Å²) < 4.78 is 14.1. The quantitative estimate of drug-likeness (QED) is 0.582. The predicted octanol–water partition coefficient (Wildman–Crippen LogP) is 0.448. The normalized spacial score (nSPS) is 10.4. The van der Waals surface area contributed by atoms with Crippen molar-refractivity contribution in [2.45, 2.75) is 12.8 Å². The number of nitrogens with two attached hydrogens (primary N) is 1. The molecule has 9 heteroatoms. The number of halogens is 1. The van der Waals surface area contributed by atoms with Crippen LogP contribution in [0.2, 0.25) is 0 Å². The zero-order valence-electron chi connectivity index (χ0n) is 12.5. The predicted molar refractivity (Wildman–Crippen MR) is 81.5 cm³/mol. The number of carboxylic acids is 1. The first-order valence-electron chi connectivity index (χ1n) is 6.99. The Hall–Kier alpha value is -3.23. The molecule has 24 heavy (non-hydrogen) atoms. The second kappa shape index (κ2) is 7.36. The smallest absolute Gasteiger partial charge is 0.307 e. The molecule has 1 aromatic carbocycles. The topological polar surface area (TPSA) is 138 Å². The average Bonchev–Trinajstić information content (AvgIpc) is 2.97. The first-order valence-corrected chi connectivity index (χ1v) is 6.99. The van der Waals surface area contributed by atoms with Gasteiger partial charge in [-0.15, -0.1) is 0 Å². The van der Waals surface area contributed by atoms with E-state index in [1.807, 2.05) is 0 Å². The number of carbonyl (C=O) groups excluding carboxylic acids is 2. The molecule has 0 saturated heterocycles. The van der Waals surface area contributed by atoms with Crippen LogP contribution in [-0.4, -0.2) is 39.6 Å². The number of primary amides is 1. The fraction of sp³-hybridized carbons (Fsp3) is 0.200. The fourth-order valence-electron chi connectivity index (χ4n) is 2.11. The van der Waals surface area contributed by atoms with E-state index in [4.69, 9.17) is 10.8 Å². The maximum absolute atomic E-state index is 14.1. The molecule has 0 aliphatic carbocycles. The van der Waals surface area contributed by atoms with E-state index >= 15 is 0 Å². The third-order valence-corrected chi connectivity index (χ3v) is 3.20. The molecule has 0 atom stereocenters. The summed E-state index contributed by atoms with van der Waals surface area (Å²) in [6, 6.07) is 3.83. The summed E-state index contributed by atoms with van der Waals surface area (Å²) in [5, 5.41) is 17.6. The number of benzene rings is 1. The lowest BCUT2D eigenvalue weighted by molar-refractivity contribution is -0.136. The number of aliphatic carboxylic acids is 1. The molecule has 2 amide bonds. The molecule has 1 heterocycles. The Bertz CT molecular complexity index is 788. The molecule has 0 bridgehead atoms. The summed E-state index contributed by atoms with van der Waals surface area (Å²) in [6.07, 6.45) is 0.918. The van der Waals surface area contributed by atoms with Crippen LogP contribution >= 0.6 is 0 Å². The molecule has 0 aliphatic rings. The first kappa shape index (κ1) is 17.1. The highest BCUT2D eigenvalue weighted by atomic mass is 19.1. The molecule has 0 aliphatic heterocycles. The van der Waals surface area contributed by atoms with Crippen LogP contribution in [0.3, 0.4) is 0 Å². The van der Waals surface area contributed by atoms with E-state index in [9.17, 15) is 18.8 Å². The van der Waals surface area contributed by atoms with Gasteiger partial charge in [0.25, 0.3) is 5.91 Å². The molecule has 8 nitrogen and oxygen atoms in total. The number of hydrogen-bond acceptors (Lipinski definition) is 4. The second-order valence-electron chi connectivity index (χ2n) is 5.02. The summed E-state index contributed by atoms with van der Waals surface area (Å²) in [7, 11) is 0. The lowest BCUT2D eigenvalue weighted by Gasteiger charge is -2.07. The van der Waals surface area contributed by atoms with Gasteiger partial charge in [0.15, 0.2) is 0 Å². The van der Waals surface area contributed by atoms with E-state index in [-0.39, 0.29) is 36.2 Å². The van der Waals surface area contributed by atoms with Crippen molar-refractivity contribution in [3.63, 3.8) is 0 Å². The summed E-state index contributed by atoms with van der Waals surface area (Å²) in [6.45, 7) is 0.0420. The van der Waals surface area contributed by atoms with Crippen molar-refractivity contribution >= 4 is 17.8 Å². The first-order chi connectivity index (χ1) is 11.4. The number of hydrogen-bond donors (Lipinski definition) is 4. The number of carbonyl (C=O) groups is 3. The monoisotopic (exact) mass is 334 g/mol. The summed E-state index contributed by atoms with van der Waals surface area (Å²) in [5.74, 6) is -2.79. The van der Waals surface area contributed by atoms with Crippen molar-refractivity contribution in [2.75, 3.05) is 6.54 Å². The van der Waals surface area contributed by atoms with E-state index in [2.05, 4.69) is 15.5 Å². The maximum Gasteiger partial charge on any atom is 0.307 e. The van der Waals surface area contributed by atoms with Gasteiger partial charge in [0.05, 0.1) is 23.9 Å². The van der Waals surface area contributed by atoms with Crippen LogP contribution in [-0.2, 0) is 16.0 Å². The van der Waals surface area contributed by atoms with Crippen LogP contribution < -0.4 is 11.1 Å². The van der Waals surface area contributed by atoms with Crippen molar-refractivity contribution < 1.29 is 23.9 Å². The summed E-state index contributed by atoms with van der Waals surface area (Å²) in [5.41, 5.74) is 5.60. The Morgan fingerprint density at radius 3 is 2.75 bits per heavy atom. The molecular weight excluding hydrogens is 319 g/mol. The third kappa shape index (κ3) is 4.15. The van der Waals surface area contributed by atoms with Gasteiger partial charge in [-0.2, -0.15) is 5.10 Å². The second-order valence-corrected chi connectivity index (χ2v) is 5.02. The molecule has 126 valence electrons. The highest BCUT2D eigenvalue weighted by Gasteiger charge is 2.18. The minimum absolute atomic E-state index is 0.0264. The molecule has 0 spiro atoms. The fourth-order valence-corrected chi connectivity index (χ4v) is 2.11. The van der Waals surface area contributed by atoms with E-state index < -0.39 is 23.6 Å². The van der Waals surface area contributed by atoms with Gasteiger partial charge in [-0.1, -0.05) is 6.07 Å². The molecule has 1 aromatic heterocycles. The van der Waals surface area contributed by atoms with Gasteiger partial charge < -0.3 is 16.2 Å². The van der Waals surface area contributed by atoms with E-state index in [0.29, 0.717) is 5.56 Å². The number of aromatic amines is 1. The summed E-state index contributed by atoms with van der Waals surface area (Å²) >= 11 is 0. The molecule has 0 saturated carbocycles. The van der Waals surface area contributed by atoms with Crippen molar-refractivity contribution in [3.05, 3.63) is 41.3 Å². The number of H-pyrrole nitrogens is 1. The van der Waals surface area contributed by atoms with Gasteiger partial charge in [0.1, 0.15) is 5.82 Å². The van der Waals surface area contributed by atoms with Gasteiger partial charge in [0.2, 0.25) is 5.91 Å². The lowest BCUT2D eigenvalue weighted by atomic mass is 10.0. The van der Waals surface area contributed by atoms with E-state index in [0.717, 1.165) is 6.07 Å². The van der Waals surface area contributed by atoms with Crippen LogP contribution in [0.4, 0.5) is 4.39 Å². The van der Waals surface area contributed by atoms with Crippen molar-refractivity contribution in [2.24, 2.45) is 5.73 Å². The van der Waals surface area contributed by atoms with Gasteiger partial charge in [-0.25, -0.2) is 4.39 Å². The average molecular weight is 334 g/mol. The number of aromatic nitrogens is 2. The highest BCUT2D eigenvalue weighted by Crippen LogP contribution is 2.25. The number of rotatable bonds is 7. The number of carboxylic acid groups (broad SMARTS) is 1. The van der Waals surface area contributed by atoms with Crippen LogP contribution in [0.1, 0.15) is 22.3 Å². The standard InChI is InChI=1S/C15H15FN4O4/c16-11-2-1-8(6-13(22)23)5-9(11)14-10(7-19-20-14)15(24)18-4-3-12(17)21/h1-2,5,7H,3-4,6H2,(H2,17,21)(H,18,24)(H,19,20)(H,22,23). The molecule has 0 unspecified atom stereocenters. The molecule has 2 aromatic rings. The van der Waals surface area contributed by atoms with Crippen LogP contribution in [0.25, 0.3) is 11.3 Å². The molecule has 0 radical (unpaired) electrons. The highest BCUT2D eigenvalue weighted by molar-refractivity contribution is 6.00. The molecule has 2 rings (SSSR count). The Kier molecular flexibility index (Phi) is 5.25. The van der Waals surface area contributed by atoms with Crippen molar-refractivity contribution in [1.82, 2.24) is 15.5 Å². The molecule has 5 N–H and O–H groups in total. The van der Waals surface area contributed by atoms with E-state index in [1.54, 1.807) is 0 Å². The van der Waals surface area contributed by atoms with Crippen LogP contribution in [0.15, 0.2) is 24.4 Å². The zero-order valence-corrected chi connectivity index (χ0v) is 12.5. The van der Waals surface area contributed by atoms with Crippen LogP contribution in [0, 0.1) is 5.82 Å². The lowest BCUT2D eigenvalue weighted by Crippen LogP contribution is -2.28. The number of nitrogens with zero attached hydrogens (tertiary/aromatic N) is 1. The summed E-state index contributed by atoms with van der Waals surface area (Å²) in [4.78, 5) is 33.6. The molecular formula is C15H15FN4O4.